The van der Waals surface area contributed by atoms with E-state index in [1.165, 1.54) is 11.0 Å². The number of fused-ring (bicyclic) bond motifs is 3. The normalized spacial score (nSPS) is 25.3. The van der Waals surface area contributed by atoms with Gasteiger partial charge in [-0.15, -0.1) is 6.58 Å². The van der Waals surface area contributed by atoms with E-state index >= 15 is 0 Å². The quantitative estimate of drug-likeness (QED) is 0.144. The van der Waals surface area contributed by atoms with Crippen molar-refractivity contribution in [3.05, 3.63) is 72.3 Å². The van der Waals surface area contributed by atoms with Gasteiger partial charge in [0.2, 0.25) is 21.8 Å². The van der Waals surface area contributed by atoms with Crippen molar-refractivity contribution in [1.29, 1.82) is 0 Å². The van der Waals surface area contributed by atoms with Gasteiger partial charge in [0.25, 0.3) is 5.91 Å². The Kier molecular flexibility index (Phi) is 8.90. The molecule has 4 amide bonds. The maximum absolute atomic E-state index is 14.3. The van der Waals surface area contributed by atoms with Crippen molar-refractivity contribution in [3.63, 3.8) is 0 Å². The molecule has 0 spiro atoms. The van der Waals surface area contributed by atoms with Crippen LogP contribution in [0.15, 0.2) is 66.3 Å². The molecular weight excluding hydrogens is 678 g/mol. The summed E-state index contributed by atoms with van der Waals surface area (Å²) in [6, 6.07) is 12.9. The number of amides is 4. The van der Waals surface area contributed by atoms with E-state index in [1.54, 1.807) is 13.8 Å². The Balaban J connectivity index is 1.16. The fraction of sp³-hybridized carbons (Fsp3) is 0.472. The summed E-state index contributed by atoms with van der Waals surface area (Å²) in [5.41, 5.74) is 2.72. The molecule has 4 fully saturated rings. The second kappa shape index (κ2) is 13.1. The number of oxime groups is 1. The molecule has 1 heterocycles. The average molecular weight is 720 g/mol. The van der Waals surface area contributed by atoms with Crippen molar-refractivity contribution >= 4 is 39.5 Å². The topological polar surface area (TPSA) is 184 Å². The van der Waals surface area contributed by atoms with Gasteiger partial charge in [-0.05, 0) is 49.1 Å². The van der Waals surface area contributed by atoms with E-state index in [0.717, 1.165) is 22.3 Å². The molecule has 14 nitrogen and oxygen atoms in total. The number of hydroxylamine groups is 2. The first kappa shape index (κ1) is 34.7. The van der Waals surface area contributed by atoms with Gasteiger partial charge in [0.15, 0.2) is 0 Å². The lowest BCUT2D eigenvalue weighted by molar-refractivity contribution is -0.163. The van der Waals surface area contributed by atoms with Gasteiger partial charge in [-0.25, -0.2) is 13.2 Å². The minimum absolute atomic E-state index is 0.0444. The molecule has 7 rings (SSSR count). The third kappa shape index (κ3) is 6.60. The van der Waals surface area contributed by atoms with Crippen LogP contribution in [0.1, 0.15) is 63.5 Å². The molecule has 2 aromatic carbocycles. The molecule has 4 aliphatic carbocycles. The number of ether oxygens (including phenoxy) is 1. The van der Waals surface area contributed by atoms with Crippen LogP contribution in [-0.4, -0.2) is 94.7 Å². The van der Waals surface area contributed by atoms with E-state index in [0.29, 0.717) is 31.4 Å². The van der Waals surface area contributed by atoms with Crippen LogP contribution in [0.4, 0.5) is 4.79 Å². The van der Waals surface area contributed by atoms with Gasteiger partial charge in [-0.3, -0.25) is 24.3 Å². The number of sulfonamides is 1. The number of carbonyl (C=O) groups is 4. The Bertz CT molecular complexity index is 1880. The standard InChI is InChI=1S/C36H41N5O9S/c1-4-21-18-36(21,34(44)39-51(47,48)24-15-16-24)37-32(42)29-17-23(19-40(29)33(43)31(20(2)3)41(46)35(45)49-22-13-14-22)50-38-30-27-11-7-5-9-25(27)26-10-6-8-12-28(26)30/h4-12,20-24,29,31,46H,1,13-19H2,2-3H3,(H,37,42)(H,39,44)/t21-,23-,29+,31-,36+/m1/s1. The summed E-state index contributed by atoms with van der Waals surface area (Å²) in [4.78, 5) is 61.9. The van der Waals surface area contributed by atoms with Crippen LogP contribution in [0.2, 0.25) is 0 Å². The first-order valence-electron chi connectivity index (χ1n) is 17.3. The number of carbonyl (C=O) groups excluding carboxylic acids is 4. The zero-order valence-corrected chi connectivity index (χ0v) is 29.2. The fourth-order valence-corrected chi connectivity index (χ4v) is 8.31. The average Bonchev–Trinajstić information content (AvgIpc) is 4.03. The van der Waals surface area contributed by atoms with E-state index < -0.39 is 74.7 Å². The minimum Gasteiger partial charge on any atom is -0.445 e. The summed E-state index contributed by atoms with van der Waals surface area (Å²) in [6.07, 6.45) is 1.57. The number of hydrogen-bond donors (Lipinski definition) is 3. The molecule has 0 aromatic heterocycles. The van der Waals surface area contributed by atoms with E-state index in [1.807, 2.05) is 48.5 Å². The number of likely N-dealkylation sites (tertiary alicyclic amines) is 1. The monoisotopic (exact) mass is 719 g/mol. The van der Waals surface area contributed by atoms with E-state index in [9.17, 15) is 32.8 Å². The molecule has 15 heteroatoms. The highest BCUT2D eigenvalue weighted by Crippen LogP contribution is 2.45. The van der Waals surface area contributed by atoms with Gasteiger partial charge in [0.05, 0.1) is 11.8 Å². The van der Waals surface area contributed by atoms with Gasteiger partial charge in [0, 0.05) is 23.5 Å². The van der Waals surface area contributed by atoms with Gasteiger partial charge in [-0.1, -0.05) is 73.6 Å². The highest BCUT2D eigenvalue weighted by Gasteiger charge is 2.62. The zero-order chi connectivity index (χ0) is 36.2. The summed E-state index contributed by atoms with van der Waals surface area (Å²) >= 11 is 0. The molecule has 1 saturated heterocycles. The van der Waals surface area contributed by atoms with E-state index in [4.69, 9.17) is 9.57 Å². The van der Waals surface area contributed by atoms with Gasteiger partial charge < -0.3 is 19.8 Å². The van der Waals surface area contributed by atoms with Crippen molar-refractivity contribution in [2.24, 2.45) is 17.0 Å². The van der Waals surface area contributed by atoms with Crippen molar-refractivity contribution < 1.29 is 42.4 Å². The molecule has 51 heavy (non-hydrogen) atoms. The fourth-order valence-electron chi connectivity index (χ4n) is 6.94. The lowest BCUT2D eigenvalue weighted by Crippen LogP contribution is -2.59. The Morgan fingerprint density at radius 2 is 1.61 bits per heavy atom. The Labute approximate surface area is 295 Å². The molecule has 5 aliphatic rings. The zero-order valence-electron chi connectivity index (χ0n) is 28.4. The molecular formula is C36H41N5O9S. The highest BCUT2D eigenvalue weighted by atomic mass is 32.2. The third-order valence-corrected chi connectivity index (χ3v) is 12.0. The first-order chi connectivity index (χ1) is 24.3. The first-order valence-corrected chi connectivity index (χ1v) is 18.8. The second-order valence-electron chi connectivity index (χ2n) is 14.3. The van der Waals surface area contributed by atoms with Gasteiger partial charge in [-0.2, -0.15) is 5.06 Å². The second-order valence-corrected chi connectivity index (χ2v) is 16.3. The maximum Gasteiger partial charge on any atom is 0.434 e. The Morgan fingerprint density at radius 1 is 1.00 bits per heavy atom. The van der Waals surface area contributed by atoms with Crippen LogP contribution in [0.3, 0.4) is 0 Å². The van der Waals surface area contributed by atoms with Crippen molar-refractivity contribution in [2.75, 3.05) is 6.54 Å². The third-order valence-electron chi connectivity index (χ3n) is 10.2. The molecule has 0 radical (unpaired) electrons. The van der Waals surface area contributed by atoms with Crippen molar-refractivity contribution in [2.45, 2.75) is 87.5 Å². The number of nitrogens with one attached hydrogen (secondary N) is 2. The van der Waals surface area contributed by atoms with Crippen LogP contribution >= 0.6 is 0 Å². The largest absolute Gasteiger partial charge is 0.445 e. The Hall–Kier alpha value is -4.76. The molecule has 1 aliphatic heterocycles. The predicted molar refractivity (Wildman–Crippen MR) is 184 cm³/mol. The summed E-state index contributed by atoms with van der Waals surface area (Å²) in [5, 5.41) is 17.8. The molecule has 3 N–H and O–H groups in total. The molecule has 270 valence electrons. The summed E-state index contributed by atoms with van der Waals surface area (Å²) < 4.78 is 32.7. The predicted octanol–water partition coefficient (Wildman–Crippen LogP) is 3.09. The van der Waals surface area contributed by atoms with Gasteiger partial charge >= 0.3 is 6.09 Å². The smallest absolute Gasteiger partial charge is 0.434 e. The van der Waals surface area contributed by atoms with Crippen LogP contribution in [0.5, 0.6) is 0 Å². The molecule has 2 aromatic rings. The molecule has 3 saturated carbocycles. The van der Waals surface area contributed by atoms with Crippen molar-refractivity contribution in [3.8, 4) is 11.1 Å². The van der Waals surface area contributed by atoms with E-state index in [-0.39, 0.29) is 30.6 Å². The number of rotatable bonds is 12. The SMILES string of the molecule is C=C[C@@H]1C[C@@]1(NC(=O)[C@@H]1C[C@@H](ON=C2c3ccccc3-c3ccccc32)CN1C(=O)[C@@H](C(C)C)N(O)C(=O)OC1CC1)C(=O)NS(=O)(=O)C1CC1. The van der Waals surface area contributed by atoms with Crippen molar-refractivity contribution in [1.82, 2.24) is 20.0 Å². The van der Waals surface area contributed by atoms with Crippen LogP contribution < -0.4 is 10.0 Å². The number of benzene rings is 2. The molecule has 5 atom stereocenters. The summed E-state index contributed by atoms with van der Waals surface area (Å²) in [5.74, 6) is -3.47. The number of nitrogens with zero attached hydrogens (tertiary/aromatic N) is 3. The van der Waals surface area contributed by atoms with Gasteiger partial charge in [0.1, 0.15) is 35.5 Å². The van der Waals surface area contributed by atoms with Crippen LogP contribution in [0.25, 0.3) is 11.1 Å². The highest BCUT2D eigenvalue weighted by molar-refractivity contribution is 7.91. The summed E-state index contributed by atoms with van der Waals surface area (Å²) in [6.45, 7) is 6.91. The Morgan fingerprint density at radius 3 is 2.14 bits per heavy atom. The van der Waals surface area contributed by atoms with Crippen LogP contribution in [-0.2, 0) is 34.0 Å². The maximum atomic E-state index is 14.3. The molecule has 0 bridgehead atoms. The van der Waals surface area contributed by atoms with Crippen LogP contribution in [0, 0.1) is 11.8 Å². The van der Waals surface area contributed by atoms with E-state index in [2.05, 4.69) is 21.8 Å². The lowest BCUT2D eigenvalue weighted by Gasteiger charge is -2.33. The minimum atomic E-state index is -3.91. The number of hydrogen-bond acceptors (Lipinski definition) is 10. The molecule has 0 unspecified atom stereocenters. The summed E-state index contributed by atoms with van der Waals surface area (Å²) in [7, 11) is -3.91. The lowest BCUT2D eigenvalue weighted by atomic mass is 10.0.